The minimum absolute atomic E-state index is 0.188. The van der Waals surface area contributed by atoms with Crippen molar-refractivity contribution in [3.8, 4) is 0 Å². The highest BCUT2D eigenvalue weighted by Gasteiger charge is 2.38. The predicted octanol–water partition coefficient (Wildman–Crippen LogP) is 2.84. The van der Waals surface area contributed by atoms with E-state index in [1.54, 1.807) is 14.0 Å². The zero-order valence-electron chi connectivity index (χ0n) is 20.5. The van der Waals surface area contributed by atoms with E-state index in [4.69, 9.17) is 4.74 Å². The molecule has 1 atom stereocenters. The molecule has 3 aliphatic rings. The number of esters is 1. The van der Waals surface area contributed by atoms with Gasteiger partial charge in [0.1, 0.15) is 0 Å². The lowest BCUT2D eigenvalue weighted by atomic mass is 9.93. The van der Waals surface area contributed by atoms with Crippen molar-refractivity contribution in [3.63, 3.8) is 0 Å². The van der Waals surface area contributed by atoms with Gasteiger partial charge < -0.3 is 15.0 Å². The van der Waals surface area contributed by atoms with Gasteiger partial charge in [-0.2, -0.15) is 0 Å². The molecule has 8 heteroatoms. The topological polar surface area (TPSA) is 82.2 Å². The normalized spacial score (nSPS) is 22.2. The van der Waals surface area contributed by atoms with Crippen molar-refractivity contribution in [2.75, 3.05) is 46.4 Å². The van der Waals surface area contributed by atoms with Gasteiger partial charge in [-0.3, -0.25) is 14.6 Å². The molecule has 34 heavy (non-hydrogen) atoms. The van der Waals surface area contributed by atoms with E-state index < -0.39 is 12.0 Å². The van der Waals surface area contributed by atoms with Crippen molar-refractivity contribution >= 4 is 17.9 Å². The number of benzene rings is 1. The fraction of sp³-hybridized carbons (Fsp3) is 0.577. The van der Waals surface area contributed by atoms with Crippen LogP contribution in [0.3, 0.4) is 0 Å². The van der Waals surface area contributed by atoms with Gasteiger partial charge in [0.2, 0.25) is 5.91 Å². The summed E-state index contributed by atoms with van der Waals surface area (Å²) in [6, 6.07) is 7.02. The number of nitrogens with zero attached hydrogens (tertiary/aromatic N) is 3. The van der Waals surface area contributed by atoms with Crippen molar-refractivity contribution in [1.29, 1.82) is 0 Å². The number of nitrogens with one attached hydrogen (secondary N) is 1. The third kappa shape index (κ3) is 5.12. The second-order valence-electron chi connectivity index (χ2n) is 9.52. The molecule has 8 nitrogen and oxygen atoms in total. The van der Waals surface area contributed by atoms with E-state index >= 15 is 0 Å². The Hall–Kier alpha value is -2.87. The number of carbonyl (C=O) groups excluding carboxylic acids is 3. The van der Waals surface area contributed by atoms with Gasteiger partial charge >= 0.3 is 12.0 Å². The van der Waals surface area contributed by atoms with Gasteiger partial charge in [0.25, 0.3) is 0 Å². The molecule has 1 aromatic carbocycles. The van der Waals surface area contributed by atoms with Crippen LogP contribution in [0.2, 0.25) is 0 Å². The molecule has 0 spiro atoms. The van der Waals surface area contributed by atoms with Crippen molar-refractivity contribution in [2.45, 2.75) is 45.6 Å². The lowest BCUT2D eigenvalue weighted by Crippen LogP contribution is -2.53. The average Bonchev–Trinajstić information content (AvgIpc) is 3.37. The Labute approximate surface area is 201 Å². The Bertz CT molecular complexity index is 944. The molecule has 1 saturated heterocycles. The molecule has 4 rings (SSSR count). The fourth-order valence-electron chi connectivity index (χ4n) is 5.18. The van der Waals surface area contributed by atoms with Crippen LogP contribution in [0, 0.1) is 12.8 Å². The SMILES string of the molecule is CCOC(=O)C1=C(CN2CCN(C(=O)C3CCCC3)CC2)N(C)C(=O)N[C@@H]1c1ccc(C)cc1. The first kappa shape index (κ1) is 24.3. The molecule has 1 N–H and O–H groups in total. The van der Waals surface area contributed by atoms with E-state index in [1.165, 1.54) is 4.90 Å². The van der Waals surface area contributed by atoms with Crippen LogP contribution in [0.4, 0.5) is 4.79 Å². The van der Waals surface area contributed by atoms with Crippen LogP contribution in [0.15, 0.2) is 35.5 Å². The van der Waals surface area contributed by atoms with Crippen LogP contribution in [0.5, 0.6) is 0 Å². The summed E-state index contributed by atoms with van der Waals surface area (Å²) in [5, 5.41) is 2.97. The molecule has 0 unspecified atom stereocenters. The highest BCUT2D eigenvalue weighted by Crippen LogP contribution is 2.32. The number of carbonyl (C=O) groups is 3. The van der Waals surface area contributed by atoms with Crippen LogP contribution in [0.1, 0.15) is 49.8 Å². The minimum atomic E-state index is -0.566. The summed E-state index contributed by atoms with van der Waals surface area (Å²) in [6.45, 7) is 7.27. The molecule has 2 aliphatic heterocycles. The largest absolute Gasteiger partial charge is 0.463 e. The van der Waals surface area contributed by atoms with Gasteiger partial charge in [0.05, 0.1) is 18.2 Å². The van der Waals surface area contributed by atoms with E-state index in [0.29, 0.717) is 44.0 Å². The van der Waals surface area contributed by atoms with Crippen molar-refractivity contribution in [3.05, 3.63) is 46.7 Å². The van der Waals surface area contributed by atoms with Gasteiger partial charge in [-0.25, -0.2) is 9.59 Å². The first-order chi connectivity index (χ1) is 16.4. The summed E-state index contributed by atoms with van der Waals surface area (Å²) >= 11 is 0. The van der Waals surface area contributed by atoms with Crippen LogP contribution >= 0.6 is 0 Å². The van der Waals surface area contributed by atoms with Crippen molar-refractivity contribution in [1.82, 2.24) is 20.0 Å². The fourth-order valence-corrected chi connectivity index (χ4v) is 5.18. The van der Waals surface area contributed by atoms with Crippen LogP contribution in [0.25, 0.3) is 0 Å². The number of urea groups is 1. The molecule has 184 valence electrons. The molecule has 1 saturated carbocycles. The molecule has 0 aromatic heterocycles. The third-order valence-electron chi connectivity index (χ3n) is 7.24. The zero-order chi connectivity index (χ0) is 24.2. The molecular weight excluding hydrogens is 432 g/mol. The monoisotopic (exact) mass is 468 g/mol. The Morgan fingerprint density at radius 3 is 2.32 bits per heavy atom. The lowest BCUT2D eigenvalue weighted by molar-refractivity contribution is -0.139. The minimum Gasteiger partial charge on any atom is -0.463 e. The second-order valence-corrected chi connectivity index (χ2v) is 9.52. The number of amides is 3. The zero-order valence-corrected chi connectivity index (χ0v) is 20.5. The average molecular weight is 469 g/mol. The first-order valence-corrected chi connectivity index (χ1v) is 12.4. The van der Waals surface area contributed by atoms with Gasteiger partial charge in [-0.1, -0.05) is 42.7 Å². The van der Waals surface area contributed by atoms with Gasteiger partial charge in [0.15, 0.2) is 0 Å². The summed E-state index contributed by atoms with van der Waals surface area (Å²) in [4.78, 5) is 44.5. The Morgan fingerprint density at radius 1 is 1.06 bits per heavy atom. The molecular formula is C26H36N4O4. The molecule has 1 aromatic rings. The quantitative estimate of drug-likeness (QED) is 0.650. The Kier molecular flexibility index (Phi) is 7.56. The summed E-state index contributed by atoms with van der Waals surface area (Å²) < 4.78 is 5.42. The summed E-state index contributed by atoms with van der Waals surface area (Å²) in [5.74, 6) is 0.0651. The van der Waals surface area contributed by atoms with Crippen LogP contribution in [-0.2, 0) is 14.3 Å². The standard InChI is InChI=1S/C26H36N4O4/c1-4-34-25(32)22-21(28(3)26(33)27-23(22)19-11-9-18(2)10-12-19)17-29-13-15-30(16-14-29)24(31)20-7-5-6-8-20/h9-12,20,23H,4-8,13-17H2,1-3H3,(H,27,33)/t23-/m1/s1. The Morgan fingerprint density at radius 2 is 1.71 bits per heavy atom. The van der Waals surface area contributed by atoms with Crippen LogP contribution < -0.4 is 5.32 Å². The van der Waals surface area contributed by atoms with Crippen molar-refractivity contribution in [2.24, 2.45) is 5.92 Å². The van der Waals surface area contributed by atoms with Crippen molar-refractivity contribution < 1.29 is 19.1 Å². The number of aryl methyl sites for hydroxylation is 1. The number of piperazine rings is 1. The van der Waals surface area contributed by atoms with E-state index in [9.17, 15) is 14.4 Å². The molecule has 3 amide bonds. The highest BCUT2D eigenvalue weighted by molar-refractivity contribution is 5.95. The number of likely N-dealkylation sites (N-methyl/N-ethyl adjacent to an activating group) is 1. The van der Waals surface area contributed by atoms with E-state index in [0.717, 1.165) is 36.8 Å². The molecule has 2 heterocycles. The number of hydrogen-bond acceptors (Lipinski definition) is 5. The maximum atomic E-state index is 13.1. The maximum Gasteiger partial charge on any atom is 0.338 e. The summed E-state index contributed by atoms with van der Waals surface area (Å²) in [5.41, 5.74) is 3.08. The van der Waals surface area contributed by atoms with Gasteiger partial charge in [-0.15, -0.1) is 0 Å². The number of ether oxygens (including phenoxy) is 1. The molecule has 0 bridgehead atoms. The van der Waals surface area contributed by atoms with E-state index in [-0.39, 0.29) is 24.5 Å². The maximum absolute atomic E-state index is 13.1. The van der Waals surface area contributed by atoms with Gasteiger partial charge in [-0.05, 0) is 32.3 Å². The lowest BCUT2D eigenvalue weighted by Gasteiger charge is -2.40. The van der Waals surface area contributed by atoms with E-state index in [1.807, 2.05) is 36.1 Å². The highest BCUT2D eigenvalue weighted by atomic mass is 16.5. The number of hydrogen-bond donors (Lipinski definition) is 1. The smallest absolute Gasteiger partial charge is 0.338 e. The first-order valence-electron chi connectivity index (χ1n) is 12.4. The summed E-state index contributed by atoms with van der Waals surface area (Å²) in [7, 11) is 1.69. The van der Waals surface area contributed by atoms with Crippen LogP contribution in [-0.4, -0.2) is 79.0 Å². The second kappa shape index (κ2) is 10.6. The van der Waals surface area contributed by atoms with E-state index in [2.05, 4.69) is 10.2 Å². The number of rotatable bonds is 6. The summed E-state index contributed by atoms with van der Waals surface area (Å²) in [6.07, 6.45) is 4.32. The molecule has 0 radical (unpaired) electrons. The molecule has 1 aliphatic carbocycles. The predicted molar refractivity (Wildman–Crippen MR) is 129 cm³/mol. The Balaban J connectivity index is 1.55. The molecule has 2 fully saturated rings. The van der Waals surface area contributed by atoms with Gasteiger partial charge in [0, 0.05) is 51.4 Å². The third-order valence-corrected chi connectivity index (χ3v) is 7.24.